The normalized spacial score (nSPS) is 12.9. The Morgan fingerprint density at radius 3 is 2.26 bits per heavy atom. The van der Waals surface area contributed by atoms with Crippen molar-refractivity contribution in [1.29, 1.82) is 0 Å². The van der Waals surface area contributed by atoms with E-state index in [4.69, 9.17) is 0 Å². The van der Waals surface area contributed by atoms with E-state index in [9.17, 15) is 8.42 Å². The number of nitrogens with one attached hydrogen (secondary N) is 1. The summed E-state index contributed by atoms with van der Waals surface area (Å²) in [6, 6.07) is 0.356. The highest BCUT2D eigenvalue weighted by molar-refractivity contribution is 7.86. The Morgan fingerprint density at radius 2 is 1.84 bits per heavy atom. The van der Waals surface area contributed by atoms with Gasteiger partial charge in [0.05, 0.1) is 0 Å². The van der Waals surface area contributed by atoms with E-state index in [2.05, 4.69) is 25.7 Å². The summed E-state index contributed by atoms with van der Waals surface area (Å²) in [5.41, 5.74) is 0. The van der Waals surface area contributed by atoms with Crippen LogP contribution in [0.15, 0.2) is 12.7 Å². The molecule has 0 atom stereocenters. The summed E-state index contributed by atoms with van der Waals surface area (Å²) in [6.07, 6.45) is 2.42. The Labute approximate surface area is 118 Å². The van der Waals surface area contributed by atoms with Crippen LogP contribution in [0.5, 0.6) is 0 Å². The maximum Gasteiger partial charge on any atom is 0.282 e. The molecule has 6 heteroatoms. The molecule has 0 heterocycles. The quantitative estimate of drug-likeness (QED) is 0.489. The summed E-state index contributed by atoms with van der Waals surface area (Å²) in [5.74, 6) is 0. The molecule has 1 N–H and O–H groups in total. The molecule has 0 unspecified atom stereocenters. The molecule has 0 bridgehead atoms. The van der Waals surface area contributed by atoms with Crippen molar-refractivity contribution in [3.63, 3.8) is 0 Å². The number of hydrogen-bond acceptors (Lipinski definition) is 3. The van der Waals surface area contributed by atoms with E-state index in [-0.39, 0.29) is 6.04 Å². The van der Waals surface area contributed by atoms with Crippen molar-refractivity contribution in [2.75, 3.05) is 26.7 Å². The van der Waals surface area contributed by atoms with Crippen LogP contribution < -0.4 is 5.32 Å². The molecule has 0 rings (SSSR count). The van der Waals surface area contributed by atoms with Crippen LogP contribution in [0, 0.1) is 0 Å². The van der Waals surface area contributed by atoms with Crippen LogP contribution in [0.3, 0.4) is 0 Å². The fraction of sp³-hybridized carbons (Fsp3) is 0.846. The third kappa shape index (κ3) is 6.51. The second-order valence-corrected chi connectivity index (χ2v) is 7.23. The van der Waals surface area contributed by atoms with Crippen LogP contribution in [-0.2, 0) is 10.2 Å². The van der Waals surface area contributed by atoms with Crippen molar-refractivity contribution < 1.29 is 8.42 Å². The van der Waals surface area contributed by atoms with Crippen molar-refractivity contribution in [3.05, 3.63) is 12.7 Å². The minimum atomic E-state index is -3.40. The zero-order valence-electron chi connectivity index (χ0n) is 12.9. The van der Waals surface area contributed by atoms with E-state index >= 15 is 0 Å². The first-order chi connectivity index (χ1) is 8.73. The van der Waals surface area contributed by atoms with Gasteiger partial charge in [-0.15, -0.1) is 6.58 Å². The highest BCUT2D eigenvalue weighted by atomic mass is 32.2. The van der Waals surface area contributed by atoms with E-state index < -0.39 is 10.2 Å². The number of rotatable bonds is 10. The lowest BCUT2D eigenvalue weighted by Crippen LogP contribution is -2.46. The maximum atomic E-state index is 12.4. The van der Waals surface area contributed by atoms with Crippen LogP contribution >= 0.6 is 0 Å². The fourth-order valence-corrected chi connectivity index (χ4v) is 3.23. The standard InChI is InChI=1S/C13H29N3O2S/c1-7-10-16(13(4)5)19(17,18)15(6)11-8-9-14-12(2)3/h7,12-14H,1,8-11H2,2-6H3. The molecule has 0 radical (unpaired) electrons. The van der Waals surface area contributed by atoms with E-state index in [1.165, 1.54) is 8.61 Å². The first-order valence-electron chi connectivity index (χ1n) is 6.80. The SMILES string of the molecule is C=CCN(C(C)C)S(=O)(=O)N(C)CCCNC(C)C. The summed E-state index contributed by atoms with van der Waals surface area (Å²) < 4.78 is 27.6. The zero-order chi connectivity index (χ0) is 15.1. The van der Waals surface area contributed by atoms with Crippen LogP contribution in [0.2, 0.25) is 0 Å². The van der Waals surface area contributed by atoms with Crippen LogP contribution in [0.25, 0.3) is 0 Å². The van der Waals surface area contributed by atoms with Gasteiger partial charge in [-0.1, -0.05) is 19.9 Å². The smallest absolute Gasteiger partial charge is 0.282 e. The second kappa shape index (κ2) is 8.68. The van der Waals surface area contributed by atoms with Crippen molar-refractivity contribution >= 4 is 10.2 Å². The Bertz CT molecular complexity index is 353. The molecule has 0 saturated carbocycles. The average molecular weight is 291 g/mol. The predicted octanol–water partition coefficient (Wildman–Crippen LogP) is 1.45. The first kappa shape index (κ1) is 18.6. The molecule has 0 aliphatic heterocycles. The molecule has 0 aromatic heterocycles. The second-order valence-electron chi connectivity index (χ2n) is 5.24. The summed E-state index contributed by atoms with van der Waals surface area (Å²) in [4.78, 5) is 0. The molecule has 0 aromatic rings. The molecule has 19 heavy (non-hydrogen) atoms. The number of hydrogen-bond donors (Lipinski definition) is 1. The molecular formula is C13H29N3O2S. The zero-order valence-corrected chi connectivity index (χ0v) is 13.7. The van der Waals surface area contributed by atoms with Gasteiger partial charge < -0.3 is 5.32 Å². The lowest BCUT2D eigenvalue weighted by atomic mass is 10.3. The van der Waals surface area contributed by atoms with Gasteiger partial charge in [0.25, 0.3) is 10.2 Å². The molecule has 5 nitrogen and oxygen atoms in total. The van der Waals surface area contributed by atoms with Crippen LogP contribution in [0.4, 0.5) is 0 Å². The highest BCUT2D eigenvalue weighted by Crippen LogP contribution is 2.11. The molecule has 0 saturated heterocycles. The highest BCUT2D eigenvalue weighted by Gasteiger charge is 2.27. The van der Waals surface area contributed by atoms with Crippen molar-refractivity contribution in [2.24, 2.45) is 0 Å². The predicted molar refractivity (Wildman–Crippen MR) is 81.3 cm³/mol. The van der Waals surface area contributed by atoms with Gasteiger partial charge in [-0.05, 0) is 26.8 Å². The molecule has 0 aromatic carbocycles. The summed E-state index contributed by atoms with van der Waals surface area (Å²) in [5, 5.41) is 3.28. The number of nitrogens with zero attached hydrogens (tertiary/aromatic N) is 2. The lowest BCUT2D eigenvalue weighted by Gasteiger charge is -2.29. The minimum absolute atomic E-state index is 0.0701. The van der Waals surface area contributed by atoms with Gasteiger partial charge in [-0.2, -0.15) is 17.0 Å². The Balaban J connectivity index is 4.48. The van der Waals surface area contributed by atoms with Gasteiger partial charge >= 0.3 is 0 Å². The van der Waals surface area contributed by atoms with Crippen molar-refractivity contribution in [3.8, 4) is 0 Å². The molecule has 0 aliphatic rings. The van der Waals surface area contributed by atoms with Crippen molar-refractivity contribution in [2.45, 2.75) is 46.2 Å². The average Bonchev–Trinajstić information content (AvgIpc) is 2.30. The third-order valence-corrected chi connectivity index (χ3v) is 4.91. The van der Waals surface area contributed by atoms with E-state index in [1.807, 2.05) is 13.8 Å². The maximum absolute atomic E-state index is 12.4. The Morgan fingerprint density at radius 1 is 1.26 bits per heavy atom. The Hall–Kier alpha value is -0.430. The van der Waals surface area contributed by atoms with Crippen LogP contribution in [0.1, 0.15) is 34.1 Å². The van der Waals surface area contributed by atoms with E-state index in [0.717, 1.165) is 13.0 Å². The van der Waals surface area contributed by atoms with Crippen LogP contribution in [-0.4, -0.2) is 55.8 Å². The molecular weight excluding hydrogens is 262 g/mol. The monoisotopic (exact) mass is 291 g/mol. The molecule has 114 valence electrons. The Kier molecular flexibility index (Phi) is 8.49. The first-order valence-corrected chi connectivity index (χ1v) is 8.20. The van der Waals surface area contributed by atoms with Gasteiger partial charge in [0, 0.05) is 32.2 Å². The topological polar surface area (TPSA) is 52.7 Å². The fourth-order valence-electron chi connectivity index (χ4n) is 1.69. The molecule has 0 fully saturated rings. The third-order valence-electron chi connectivity index (χ3n) is 2.78. The van der Waals surface area contributed by atoms with Gasteiger partial charge in [0.2, 0.25) is 0 Å². The van der Waals surface area contributed by atoms with Gasteiger partial charge in [0.15, 0.2) is 0 Å². The summed E-state index contributed by atoms with van der Waals surface area (Å²) in [6.45, 7) is 13.2. The molecule has 0 amide bonds. The molecule has 0 aliphatic carbocycles. The lowest BCUT2D eigenvalue weighted by molar-refractivity contribution is 0.336. The molecule has 0 spiro atoms. The largest absolute Gasteiger partial charge is 0.314 e. The van der Waals surface area contributed by atoms with Gasteiger partial charge in [0.1, 0.15) is 0 Å². The van der Waals surface area contributed by atoms with Gasteiger partial charge in [-0.3, -0.25) is 0 Å². The summed E-state index contributed by atoms with van der Waals surface area (Å²) >= 11 is 0. The minimum Gasteiger partial charge on any atom is -0.314 e. The summed E-state index contributed by atoms with van der Waals surface area (Å²) in [7, 11) is -1.77. The van der Waals surface area contributed by atoms with E-state index in [1.54, 1.807) is 13.1 Å². The van der Waals surface area contributed by atoms with Crippen molar-refractivity contribution in [1.82, 2.24) is 13.9 Å². The van der Waals surface area contributed by atoms with Gasteiger partial charge in [-0.25, -0.2) is 0 Å². The van der Waals surface area contributed by atoms with E-state index in [0.29, 0.717) is 19.1 Å².